The molecule has 170 valence electrons. The van der Waals surface area contributed by atoms with Crippen LogP contribution in [0.2, 0.25) is 0 Å². The highest BCUT2D eigenvalue weighted by Gasteiger charge is 2.21. The van der Waals surface area contributed by atoms with Crippen molar-refractivity contribution in [2.45, 2.75) is 13.0 Å². The summed E-state index contributed by atoms with van der Waals surface area (Å²) >= 11 is 0. The second-order valence-corrected chi connectivity index (χ2v) is 7.62. The summed E-state index contributed by atoms with van der Waals surface area (Å²) in [6, 6.07) is 19.6. The van der Waals surface area contributed by atoms with Crippen molar-refractivity contribution in [2.75, 3.05) is 16.8 Å². The van der Waals surface area contributed by atoms with Crippen LogP contribution in [0.25, 0.3) is 11.0 Å². The van der Waals surface area contributed by atoms with Gasteiger partial charge in [-0.3, -0.25) is 14.5 Å². The molecule has 4 rings (SSSR count). The van der Waals surface area contributed by atoms with E-state index in [1.807, 2.05) is 29.8 Å². The quantitative estimate of drug-likeness (QED) is 0.417. The van der Waals surface area contributed by atoms with Gasteiger partial charge in [-0.1, -0.05) is 6.07 Å². The Balaban J connectivity index is 1.57. The summed E-state index contributed by atoms with van der Waals surface area (Å²) in [4.78, 5) is 34.7. The first kappa shape index (κ1) is 22.5. The minimum atomic E-state index is -0.992. The molecule has 0 radical (unpaired) electrons. The van der Waals surface area contributed by atoms with E-state index in [4.69, 9.17) is 10.4 Å². The highest BCUT2D eigenvalue weighted by atomic mass is 16.4. The van der Waals surface area contributed by atoms with Gasteiger partial charge in [-0.15, -0.1) is 0 Å². The molecule has 34 heavy (non-hydrogen) atoms. The highest BCUT2D eigenvalue weighted by molar-refractivity contribution is 6.07. The van der Waals surface area contributed by atoms with Crippen LogP contribution in [0.5, 0.6) is 0 Å². The molecule has 2 aromatic heterocycles. The Labute approximate surface area is 195 Å². The zero-order valence-electron chi connectivity index (χ0n) is 18.5. The topological polar surface area (TPSA) is 124 Å². The number of amides is 1. The zero-order valence-corrected chi connectivity index (χ0v) is 18.5. The zero-order chi connectivity index (χ0) is 24.1. The summed E-state index contributed by atoms with van der Waals surface area (Å²) in [6.45, 7) is 0.463. The van der Waals surface area contributed by atoms with Crippen LogP contribution in [-0.4, -0.2) is 38.1 Å². The monoisotopic (exact) mass is 454 g/mol. The molecule has 0 aliphatic heterocycles. The molecular formula is C25H22N6O3. The van der Waals surface area contributed by atoms with Gasteiger partial charge in [-0.2, -0.15) is 5.26 Å². The summed E-state index contributed by atoms with van der Waals surface area (Å²) in [7, 11) is 1.90. The van der Waals surface area contributed by atoms with Crippen molar-refractivity contribution in [3.8, 4) is 6.07 Å². The number of fused-ring (bicyclic) bond motifs is 1. The number of benzene rings is 2. The Morgan fingerprint density at radius 2 is 1.94 bits per heavy atom. The first-order valence-corrected chi connectivity index (χ1v) is 10.6. The van der Waals surface area contributed by atoms with Gasteiger partial charge in [0.2, 0.25) is 0 Å². The van der Waals surface area contributed by atoms with Crippen LogP contribution in [0.3, 0.4) is 0 Å². The maximum atomic E-state index is 13.3. The van der Waals surface area contributed by atoms with E-state index in [0.717, 1.165) is 17.0 Å². The average Bonchev–Trinajstić information content (AvgIpc) is 3.18. The molecule has 2 N–H and O–H groups in total. The van der Waals surface area contributed by atoms with Gasteiger partial charge in [-0.05, 0) is 54.6 Å². The van der Waals surface area contributed by atoms with Crippen LogP contribution in [0.4, 0.5) is 11.5 Å². The van der Waals surface area contributed by atoms with Gasteiger partial charge in [0.15, 0.2) is 0 Å². The Bertz CT molecular complexity index is 1370. The lowest BCUT2D eigenvalue weighted by Crippen LogP contribution is -2.33. The minimum Gasteiger partial charge on any atom is -0.481 e. The van der Waals surface area contributed by atoms with Crippen LogP contribution in [-0.2, 0) is 18.4 Å². The molecule has 0 atom stereocenters. The molecule has 0 aliphatic carbocycles. The number of aliphatic carboxylic acids is 1. The molecule has 2 aromatic carbocycles. The smallest absolute Gasteiger partial charge is 0.305 e. The lowest BCUT2D eigenvalue weighted by Gasteiger charge is -2.21. The molecule has 9 nitrogen and oxygen atoms in total. The second-order valence-electron chi connectivity index (χ2n) is 7.62. The summed E-state index contributed by atoms with van der Waals surface area (Å²) in [5.41, 5.74) is 3.38. The fraction of sp³-hybridized carbons (Fsp3) is 0.160. The molecule has 0 fully saturated rings. The first-order valence-electron chi connectivity index (χ1n) is 10.6. The molecule has 0 bridgehead atoms. The molecule has 4 aromatic rings. The third kappa shape index (κ3) is 4.86. The Morgan fingerprint density at radius 3 is 2.62 bits per heavy atom. The average molecular weight is 454 g/mol. The Morgan fingerprint density at radius 1 is 1.15 bits per heavy atom. The maximum absolute atomic E-state index is 13.3. The predicted octanol–water partition coefficient (Wildman–Crippen LogP) is 3.57. The number of aromatic nitrogens is 3. The van der Waals surface area contributed by atoms with Gasteiger partial charge in [0.1, 0.15) is 11.6 Å². The van der Waals surface area contributed by atoms with Crippen molar-refractivity contribution in [3.63, 3.8) is 0 Å². The highest BCUT2D eigenvalue weighted by Crippen LogP contribution is 2.21. The van der Waals surface area contributed by atoms with E-state index in [0.29, 0.717) is 29.0 Å². The number of imidazole rings is 1. The molecule has 2 heterocycles. The molecule has 0 saturated carbocycles. The van der Waals surface area contributed by atoms with Gasteiger partial charge in [0, 0.05) is 31.0 Å². The van der Waals surface area contributed by atoms with Crippen LogP contribution < -0.4 is 10.2 Å². The maximum Gasteiger partial charge on any atom is 0.305 e. The van der Waals surface area contributed by atoms with Gasteiger partial charge in [0.05, 0.1) is 35.6 Å². The van der Waals surface area contributed by atoms with Gasteiger partial charge >= 0.3 is 5.97 Å². The minimum absolute atomic E-state index is 0.00516. The number of nitrogens with one attached hydrogen (secondary N) is 1. The molecule has 0 saturated heterocycles. The van der Waals surface area contributed by atoms with Crippen molar-refractivity contribution in [1.82, 2.24) is 14.5 Å². The lowest BCUT2D eigenvalue weighted by molar-refractivity contribution is -0.136. The van der Waals surface area contributed by atoms with E-state index in [2.05, 4.69) is 21.4 Å². The number of hydrogen-bond donors (Lipinski definition) is 2. The van der Waals surface area contributed by atoms with Crippen molar-refractivity contribution < 1.29 is 14.7 Å². The SMILES string of the molecule is Cn1c(CNc2ccc(C#N)cc2)nc2cc(C(=O)N(CCC(=O)O)c3ccccn3)ccc21. The van der Waals surface area contributed by atoms with Gasteiger partial charge in [0.25, 0.3) is 5.91 Å². The van der Waals surface area contributed by atoms with Crippen molar-refractivity contribution >= 4 is 34.4 Å². The number of carboxylic acids is 1. The number of anilines is 2. The predicted molar refractivity (Wildman–Crippen MR) is 127 cm³/mol. The molecule has 0 aliphatic rings. The second kappa shape index (κ2) is 9.83. The number of nitrogens with zero attached hydrogens (tertiary/aromatic N) is 5. The number of carboxylic acid groups (broad SMARTS) is 1. The Kier molecular flexibility index (Phi) is 6.50. The van der Waals surface area contributed by atoms with Crippen LogP contribution >= 0.6 is 0 Å². The van der Waals surface area contributed by atoms with Gasteiger partial charge < -0.3 is 15.0 Å². The molecule has 0 spiro atoms. The van der Waals surface area contributed by atoms with E-state index in [1.54, 1.807) is 48.7 Å². The standard InChI is InChI=1S/C25H22N6O3/c1-30-21-10-7-18(25(34)31(13-11-24(32)33)22-4-2-3-12-27-22)14-20(21)29-23(30)16-28-19-8-5-17(15-26)6-9-19/h2-10,12,14,28H,11,13,16H2,1H3,(H,32,33). The normalized spacial score (nSPS) is 10.6. The summed E-state index contributed by atoms with van der Waals surface area (Å²) in [5.74, 6) is -0.170. The number of carbonyl (C=O) groups excluding carboxylic acids is 1. The lowest BCUT2D eigenvalue weighted by atomic mass is 10.1. The van der Waals surface area contributed by atoms with Crippen molar-refractivity contribution in [1.29, 1.82) is 5.26 Å². The summed E-state index contributed by atoms with van der Waals surface area (Å²) in [5, 5.41) is 21.3. The number of hydrogen-bond acceptors (Lipinski definition) is 6. The van der Waals surface area contributed by atoms with E-state index < -0.39 is 5.97 Å². The number of carbonyl (C=O) groups is 2. The van der Waals surface area contributed by atoms with E-state index in [9.17, 15) is 9.59 Å². The van der Waals surface area contributed by atoms with Crippen LogP contribution in [0.15, 0.2) is 66.9 Å². The third-order valence-corrected chi connectivity index (χ3v) is 5.41. The Hall–Kier alpha value is -4.71. The van der Waals surface area contributed by atoms with Gasteiger partial charge in [-0.25, -0.2) is 9.97 Å². The molecule has 9 heteroatoms. The fourth-order valence-corrected chi connectivity index (χ4v) is 3.58. The number of nitriles is 1. The first-order chi connectivity index (χ1) is 16.5. The van der Waals surface area contributed by atoms with E-state index in [1.165, 1.54) is 4.90 Å². The molecular weight excluding hydrogens is 432 g/mol. The van der Waals surface area contributed by atoms with Crippen molar-refractivity contribution in [2.24, 2.45) is 7.05 Å². The third-order valence-electron chi connectivity index (χ3n) is 5.41. The number of pyridine rings is 1. The van der Waals surface area contributed by atoms with Crippen molar-refractivity contribution in [3.05, 3.63) is 83.8 Å². The van der Waals surface area contributed by atoms with E-state index in [-0.39, 0.29) is 18.9 Å². The van der Waals surface area contributed by atoms with E-state index >= 15 is 0 Å². The summed E-state index contributed by atoms with van der Waals surface area (Å²) < 4.78 is 1.95. The van der Waals surface area contributed by atoms with Crippen LogP contribution in [0.1, 0.15) is 28.2 Å². The van der Waals surface area contributed by atoms with Crippen LogP contribution in [0, 0.1) is 11.3 Å². The number of rotatable bonds is 8. The largest absolute Gasteiger partial charge is 0.481 e. The summed E-state index contributed by atoms with van der Waals surface area (Å²) in [6.07, 6.45) is 1.37. The number of aryl methyl sites for hydroxylation is 1. The molecule has 0 unspecified atom stereocenters. The molecule has 1 amide bonds. The fourth-order valence-electron chi connectivity index (χ4n) is 3.58.